The Bertz CT molecular complexity index is 581. The number of imidazole rings is 1. The molecule has 18 heavy (non-hydrogen) atoms. The topological polar surface area (TPSA) is 17.8 Å². The van der Waals surface area contributed by atoms with Crippen molar-refractivity contribution >= 4 is 0 Å². The van der Waals surface area contributed by atoms with Crippen molar-refractivity contribution in [1.82, 2.24) is 9.55 Å². The number of aryl methyl sites for hydroxylation is 4. The predicted molar refractivity (Wildman–Crippen MR) is 73.9 cm³/mol. The summed E-state index contributed by atoms with van der Waals surface area (Å²) in [4.78, 5) is 4.43. The zero-order chi connectivity index (χ0) is 12.7. The number of benzene rings is 1. The van der Waals surface area contributed by atoms with Gasteiger partial charge in [0.15, 0.2) is 0 Å². The van der Waals surface area contributed by atoms with Gasteiger partial charge in [0.25, 0.3) is 0 Å². The molecule has 0 amide bonds. The molecule has 1 unspecified atom stereocenters. The Morgan fingerprint density at radius 2 is 2.06 bits per heavy atom. The van der Waals surface area contributed by atoms with E-state index >= 15 is 0 Å². The number of hydrogen-bond acceptors (Lipinski definition) is 1. The fourth-order valence-corrected chi connectivity index (χ4v) is 3.05. The van der Waals surface area contributed by atoms with Crippen LogP contribution in [0.4, 0.5) is 0 Å². The van der Waals surface area contributed by atoms with E-state index in [9.17, 15) is 0 Å². The lowest BCUT2D eigenvalue weighted by Gasteiger charge is -2.27. The average Bonchev–Trinajstić information content (AvgIpc) is 2.74. The molecule has 2 aromatic rings. The SMILES string of the molecule is Cc1ccc(C)c(C2CCc3cnc(C)n3C2)c1. The summed E-state index contributed by atoms with van der Waals surface area (Å²) in [6.45, 7) is 7.60. The van der Waals surface area contributed by atoms with Gasteiger partial charge in [-0.1, -0.05) is 23.8 Å². The molecule has 1 aliphatic rings. The lowest BCUT2D eigenvalue weighted by molar-refractivity contribution is 0.455. The summed E-state index contributed by atoms with van der Waals surface area (Å²) in [6.07, 6.45) is 4.43. The van der Waals surface area contributed by atoms with E-state index in [1.54, 1.807) is 0 Å². The quantitative estimate of drug-likeness (QED) is 0.745. The third kappa shape index (κ3) is 1.86. The van der Waals surface area contributed by atoms with Crippen LogP contribution in [0.25, 0.3) is 0 Å². The van der Waals surface area contributed by atoms with Crippen LogP contribution in [0.3, 0.4) is 0 Å². The van der Waals surface area contributed by atoms with E-state index in [4.69, 9.17) is 0 Å². The molecule has 94 valence electrons. The van der Waals surface area contributed by atoms with E-state index in [1.165, 1.54) is 28.8 Å². The Kier molecular flexibility index (Phi) is 2.73. The van der Waals surface area contributed by atoms with Crippen molar-refractivity contribution in [2.24, 2.45) is 0 Å². The molecule has 2 heteroatoms. The van der Waals surface area contributed by atoms with Gasteiger partial charge in [-0.2, -0.15) is 0 Å². The number of hydrogen-bond donors (Lipinski definition) is 0. The standard InChI is InChI=1S/C16H20N2/c1-11-4-5-12(2)16(8-11)14-6-7-15-9-17-13(3)18(15)10-14/h4-5,8-9,14H,6-7,10H2,1-3H3. The molecule has 0 saturated heterocycles. The lowest BCUT2D eigenvalue weighted by atomic mass is 9.87. The molecule has 1 aromatic heterocycles. The lowest BCUT2D eigenvalue weighted by Crippen LogP contribution is -2.20. The molecule has 0 aliphatic carbocycles. The highest BCUT2D eigenvalue weighted by molar-refractivity contribution is 5.34. The Labute approximate surface area is 109 Å². The van der Waals surface area contributed by atoms with Gasteiger partial charge in [-0.25, -0.2) is 4.98 Å². The van der Waals surface area contributed by atoms with Crippen LogP contribution < -0.4 is 0 Å². The van der Waals surface area contributed by atoms with Crippen molar-refractivity contribution in [1.29, 1.82) is 0 Å². The Morgan fingerprint density at radius 3 is 2.89 bits per heavy atom. The normalized spacial score (nSPS) is 18.7. The number of aromatic nitrogens is 2. The molecule has 1 aliphatic heterocycles. The first kappa shape index (κ1) is 11.5. The van der Waals surface area contributed by atoms with E-state index < -0.39 is 0 Å². The number of rotatable bonds is 1. The van der Waals surface area contributed by atoms with Gasteiger partial charge >= 0.3 is 0 Å². The van der Waals surface area contributed by atoms with E-state index in [1.807, 2.05) is 6.20 Å². The van der Waals surface area contributed by atoms with Crippen LogP contribution in [0.2, 0.25) is 0 Å². The van der Waals surface area contributed by atoms with Gasteiger partial charge in [0.1, 0.15) is 5.82 Å². The van der Waals surface area contributed by atoms with Crippen molar-refractivity contribution in [2.75, 3.05) is 0 Å². The van der Waals surface area contributed by atoms with E-state index in [-0.39, 0.29) is 0 Å². The maximum atomic E-state index is 4.43. The largest absolute Gasteiger partial charge is 0.332 e. The Balaban J connectivity index is 1.96. The summed E-state index contributed by atoms with van der Waals surface area (Å²) >= 11 is 0. The third-order valence-corrected chi connectivity index (χ3v) is 4.16. The second-order valence-electron chi connectivity index (χ2n) is 5.50. The van der Waals surface area contributed by atoms with Gasteiger partial charge in [0.2, 0.25) is 0 Å². The second kappa shape index (κ2) is 4.27. The molecule has 2 nitrogen and oxygen atoms in total. The maximum Gasteiger partial charge on any atom is 0.105 e. The van der Waals surface area contributed by atoms with Gasteiger partial charge in [0, 0.05) is 24.4 Å². The third-order valence-electron chi connectivity index (χ3n) is 4.16. The second-order valence-corrected chi connectivity index (χ2v) is 5.50. The molecule has 0 bridgehead atoms. The fraction of sp³-hybridized carbons (Fsp3) is 0.438. The molecule has 1 atom stereocenters. The summed E-state index contributed by atoms with van der Waals surface area (Å²) in [5.41, 5.74) is 5.71. The summed E-state index contributed by atoms with van der Waals surface area (Å²) in [7, 11) is 0. The van der Waals surface area contributed by atoms with E-state index in [2.05, 4.69) is 48.5 Å². The molecule has 0 fully saturated rings. The zero-order valence-corrected chi connectivity index (χ0v) is 11.4. The highest BCUT2D eigenvalue weighted by Gasteiger charge is 2.22. The Morgan fingerprint density at radius 1 is 1.22 bits per heavy atom. The van der Waals surface area contributed by atoms with Crippen molar-refractivity contribution in [2.45, 2.75) is 46.1 Å². The number of fused-ring (bicyclic) bond motifs is 1. The Hall–Kier alpha value is -1.57. The van der Waals surface area contributed by atoms with Crippen molar-refractivity contribution < 1.29 is 0 Å². The summed E-state index contributed by atoms with van der Waals surface area (Å²) < 4.78 is 2.38. The molecular formula is C16H20N2. The molecule has 0 radical (unpaired) electrons. The molecule has 1 aromatic carbocycles. The zero-order valence-electron chi connectivity index (χ0n) is 11.4. The van der Waals surface area contributed by atoms with Crippen LogP contribution in [0.5, 0.6) is 0 Å². The summed E-state index contributed by atoms with van der Waals surface area (Å²) in [6, 6.07) is 6.81. The summed E-state index contributed by atoms with van der Waals surface area (Å²) in [5, 5.41) is 0. The van der Waals surface area contributed by atoms with E-state index in [0.717, 1.165) is 18.8 Å². The van der Waals surface area contributed by atoms with Crippen molar-refractivity contribution in [3.8, 4) is 0 Å². The van der Waals surface area contributed by atoms with Crippen LogP contribution in [0, 0.1) is 20.8 Å². The van der Waals surface area contributed by atoms with Gasteiger partial charge in [0.05, 0.1) is 0 Å². The molecular weight excluding hydrogens is 220 g/mol. The van der Waals surface area contributed by atoms with Crippen LogP contribution in [0.15, 0.2) is 24.4 Å². The molecule has 0 saturated carbocycles. The highest BCUT2D eigenvalue weighted by atomic mass is 15.1. The van der Waals surface area contributed by atoms with Gasteiger partial charge < -0.3 is 4.57 Å². The minimum absolute atomic E-state index is 0.644. The molecule has 2 heterocycles. The fourth-order valence-electron chi connectivity index (χ4n) is 3.05. The molecule has 0 N–H and O–H groups in total. The minimum atomic E-state index is 0.644. The van der Waals surface area contributed by atoms with Crippen molar-refractivity contribution in [3.05, 3.63) is 52.6 Å². The summed E-state index contributed by atoms with van der Waals surface area (Å²) in [5.74, 6) is 1.80. The van der Waals surface area contributed by atoms with Gasteiger partial charge in [-0.3, -0.25) is 0 Å². The first-order valence-electron chi connectivity index (χ1n) is 6.73. The van der Waals surface area contributed by atoms with Crippen LogP contribution in [0.1, 0.15) is 40.5 Å². The maximum absolute atomic E-state index is 4.43. The van der Waals surface area contributed by atoms with Crippen LogP contribution >= 0.6 is 0 Å². The van der Waals surface area contributed by atoms with Gasteiger partial charge in [-0.15, -0.1) is 0 Å². The first-order valence-corrected chi connectivity index (χ1v) is 6.73. The minimum Gasteiger partial charge on any atom is -0.332 e. The van der Waals surface area contributed by atoms with E-state index in [0.29, 0.717) is 5.92 Å². The monoisotopic (exact) mass is 240 g/mol. The van der Waals surface area contributed by atoms with Crippen molar-refractivity contribution in [3.63, 3.8) is 0 Å². The average molecular weight is 240 g/mol. The first-order chi connectivity index (χ1) is 8.65. The van der Waals surface area contributed by atoms with Crippen LogP contribution in [-0.2, 0) is 13.0 Å². The molecule has 0 spiro atoms. The highest BCUT2D eigenvalue weighted by Crippen LogP contribution is 2.31. The van der Waals surface area contributed by atoms with Crippen LogP contribution in [-0.4, -0.2) is 9.55 Å². The van der Waals surface area contributed by atoms with Gasteiger partial charge in [-0.05, 0) is 44.7 Å². The smallest absolute Gasteiger partial charge is 0.105 e. The molecule has 3 rings (SSSR count). The predicted octanol–water partition coefficient (Wildman–Crippen LogP) is 3.54. The number of nitrogens with zero attached hydrogens (tertiary/aromatic N) is 2.